The van der Waals surface area contributed by atoms with Crippen molar-refractivity contribution in [2.24, 2.45) is 0 Å². The second-order valence-electron chi connectivity index (χ2n) is 3.00. The van der Waals surface area contributed by atoms with Crippen molar-refractivity contribution in [3.8, 4) is 0 Å². The molecule has 1 rings (SSSR count). The molecule has 1 heterocycles. The molecular weight excluding hydrogens is 154 g/mol. The maximum atomic E-state index is 10.5. The van der Waals surface area contributed by atoms with Gasteiger partial charge < -0.3 is 10.0 Å². The van der Waals surface area contributed by atoms with E-state index in [-0.39, 0.29) is 0 Å². The molecule has 0 aliphatic carbocycles. The lowest BCUT2D eigenvalue weighted by molar-refractivity contribution is -0.126. The fourth-order valence-electron chi connectivity index (χ4n) is 0.941. The third-order valence-electron chi connectivity index (χ3n) is 1.82. The van der Waals surface area contributed by atoms with Crippen LogP contribution in [0.15, 0.2) is 0 Å². The quantitative estimate of drug-likeness (QED) is 0.677. The van der Waals surface area contributed by atoms with Gasteiger partial charge in [-0.25, -0.2) is 0 Å². The number of likely N-dealkylation sites (tertiary alicyclic amines) is 1. The zero-order valence-electron chi connectivity index (χ0n) is 8.05. The number of nitrogens with zero attached hydrogens (tertiary/aromatic N) is 1. The molecule has 0 bridgehead atoms. The fourth-order valence-corrected chi connectivity index (χ4v) is 0.941. The summed E-state index contributed by atoms with van der Waals surface area (Å²) in [7, 11) is 1.84. The largest absolute Gasteiger partial charge is 0.396 e. The highest BCUT2D eigenvalue weighted by molar-refractivity contribution is 5.77. The van der Waals surface area contributed by atoms with E-state index in [4.69, 9.17) is 5.11 Å². The third-order valence-corrected chi connectivity index (χ3v) is 1.82. The number of hydrogen-bond acceptors (Lipinski definition) is 2. The van der Waals surface area contributed by atoms with Gasteiger partial charge in [0.25, 0.3) is 0 Å². The number of rotatable bonds is 2. The van der Waals surface area contributed by atoms with Crippen molar-refractivity contribution < 1.29 is 9.90 Å². The Morgan fingerprint density at radius 1 is 1.58 bits per heavy atom. The second-order valence-corrected chi connectivity index (χ2v) is 3.00. The second kappa shape index (κ2) is 7.10. The lowest BCUT2D eigenvalue weighted by Gasteiger charge is -2.03. The summed E-state index contributed by atoms with van der Waals surface area (Å²) in [6.45, 7) is 3.35. The molecule has 0 unspecified atom stereocenters. The van der Waals surface area contributed by atoms with Crippen molar-refractivity contribution in [3.05, 3.63) is 0 Å². The molecule has 3 heteroatoms. The molecule has 0 aromatic carbocycles. The lowest BCUT2D eigenvalue weighted by atomic mass is 10.4. The van der Waals surface area contributed by atoms with Gasteiger partial charge in [0.2, 0.25) is 5.91 Å². The van der Waals surface area contributed by atoms with Gasteiger partial charge in [-0.15, -0.1) is 0 Å². The molecule has 1 fully saturated rings. The molecule has 0 aromatic rings. The number of carbonyl (C=O) groups excluding carboxylic acids is 1. The van der Waals surface area contributed by atoms with Gasteiger partial charge in [0.15, 0.2) is 0 Å². The van der Waals surface area contributed by atoms with Crippen LogP contribution in [-0.4, -0.2) is 36.1 Å². The minimum absolute atomic E-state index is 0.292. The van der Waals surface area contributed by atoms with Gasteiger partial charge in [-0.05, 0) is 12.8 Å². The molecule has 72 valence electrons. The fraction of sp³-hybridized carbons (Fsp3) is 0.889. The van der Waals surface area contributed by atoms with Gasteiger partial charge in [-0.1, -0.05) is 13.3 Å². The van der Waals surface area contributed by atoms with Crippen LogP contribution in [0.3, 0.4) is 0 Å². The van der Waals surface area contributed by atoms with Gasteiger partial charge in [0, 0.05) is 26.6 Å². The number of aliphatic hydroxyl groups is 1. The van der Waals surface area contributed by atoms with E-state index in [2.05, 4.69) is 6.92 Å². The minimum Gasteiger partial charge on any atom is -0.396 e. The smallest absolute Gasteiger partial charge is 0.222 e. The molecule has 0 saturated carbocycles. The number of amides is 1. The van der Waals surface area contributed by atoms with Crippen LogP contribution >= 0.6 is 0 Å². The van der Waals surface area contributed by atoms with Gasteiger partial charge >= 0.3 is 0 Å². The Hall–Kier alpha value is -0.570. The summed E-state index contributed by atoms with van der Waals surface area (Å²) in [5.41, 5.74) is 0. The highest BCUT2D eigenvalue weighted by Crippen LogP contribution is 2.04. The van der Waals surface area contributed by atoms with E-state index < -0.39 is 0 Å². The molecular formula is C9H19NO2. The van der Waals surface area contributed by atoms with Crippen LogP contribution in [-0.2, 0) is 4.79 Å². The SMILES string of the molecule is CCCCO.CN1CCCC1=O. The summed E-state index contributed by atoms with van der Waals surface area (Å²) in [5.74, 6) is 0.292. The van der Waals surface area contributed by atoms with E-state index in [0.717, 1.165) is 32.2 Å². The molecule has 1 aliphatic rings. The summed E-state index contributed by atoms with van der Waals surface area (Å²) in [6.07, 6.45) is 3.85. The summed E-state index contributed by atoms with van der Waals surface area (Å²) < 4.78 is 0. The van der Waals surface area contributed by atoms with Crippen molar-refractivity contribution in [2.75, 3.05) is 20.2 Å². The summed E-state index contributed by atoms with van der Waals surface area (Å²) in [5, 5.41) is 8.07. The maximum Gasteiger partial charge on any atom is 0.222 e. The topological polar surface area (TPSA) is 40.5 Å². The van der Waals surface area contributed by atoms with E-state index >= 15 is 0 Å². The zero-order chi connectivity index (χ0) is 9.40. The Bertz CT molecular complexity index is 124. The molecule has 0 spiro atoms. The van der Waals surface area contributed by atoms with E-state index in [1.54, 1.807) is 4.90 Å². The van der Waals surface area contributed by atoms with Crippen LogP contribution in [0.2, 0.25) is 0 Å². The Kier molecular flexibility index (Phi) is 6.76. The number of carbonyl (C=O) groups is 1. The number of unbranched alkanes of at least 4 members (excludes halogenated alkanes) is 1. The molecule has 1 amide bonds. The van der Waals surface area contributed by atoms with Gasteiger partial charge in [-0.3, -0.25) is 4.79 Å². The zero-order valence-corrected chi connectivity index (χ0v) is 8.05. The first-order valence-electron chi connectivity index (χ1n) is 4.57. The van der Waals surface area contributed by atoms with Gasteiger partial charge in [0.05, 0.1) is 0 Å². The maximum absolute atomic E-state index is 10.5. The van der Waals surface area contributed by atoms with E-state index in [1.165, 1.54) is 0 Å². The van der Waals surface area contributed by atoms with Crippen LogP contribution in [0.1, 0.15) is 32.6 Å². The lowest BCUT2D eigenvalue weighted by Crippen LogP contribution is -2.17. The molecule has 0 aromatic heterocycles. The Balaban J connectivity index is 0.000000217. The molecule has 1 aliphatic heterocycles. The van der Waals surface area contributed by atoms with E-state index in [9.17, 15) is 4.79 Å². The molecule has 1 saturated heterocycles. The summed E-state index contributed by atoms with van der Waals surface area (Å²) in [6, 6.07) is 0. The van der Waals surface area contributed by atoms with Gasteiger partial charge in [0.1, 0.15) is 0 Å². The van der Waals surface area contributed by atoms with Crippen LogP contribution in [0.25, 0.3) is 0 Å². The Morgan fingerprint density at radius 3 is 2.33 bits per heavy atom. The first-order chi connectivity index (χ1) is 5.72. The van der Waals surface area contributed by atoms with Crippen molar-refractivity contribution in [2.45, 2.75) is 32.6 Å². The van der Waals surface area contributed by atoms with Crippen molar-refractivity contribution in [1.82, 2.24) is 4.90 Å². The van der Waals surface area contributed by atoms with Gasteiger partial charge in [-0.2, -0.15) is 0 Å². The first kappa shape index (κ1) is 11.4. The summed E-state index contributed by atoms with van der Waals surface area (Å²) in [4.78, 5) is 12.3. The predicted octanol–water partition coefficient (Wildman–Crippen LogP) is 1.02. The molecule has 0 atom stereocenters. The molecule has 3 nitrogen and oxygen atoms in total. The predicted molar refractivity (Wildman–Crippen MR) is 48.9 cm³/mol. The molecule has 1 N–H and O–H groups in total. The minimum atomic E-state index is 0.292. The van der Waals surface area contributed by atoms with Crippen molar-refractivity contribution in [3.63, 3.8) is 0 Å². The number of aliphatic hydroxyl groups excluding tert-OH is 1. The standard InChI is InChI=1S/C5H9NO.C4H10O/c1-6-4-2-3-5(6)7;1-2-3-4-5/h2-4H2,1H3;5H,2-4H2,1H3. The van der Waals surface area contributed by atoms with Crippen LogP contribution in [0.4, 0.5) is 0 Å². The first-order valence-corrected chi connectivity index (χ1v) is 4.57. The van der Waals surface area contributed by atoms with Crippen molar-refractivity contribution in [1.29, 1.82) is 0 Å². The van der Waals surface area contributed by atoms with Crippen molar-refractivity contribution >= 4 is 5.91 Å². The van der Waals surface area contributed by atoms with E-state index in [0.29, 0.717) is 12.5 Å². The van der Waals surface area contributed by atoms with Crippen LogP contribution in [0.5, 0.6) is 0 Å². The number of hydrogen-bond donors (Lipinski definition) is 1. The molecule has 12 heavy (non-hydrogen) atoms. The summed E-state index contributed by atoms with van der Waals surface area (Å²) >= 11 is 0. The average molecular weight is 173 g/mol. The Labute approximate surface area is 74.4 Å². The Morgan fingerprint density at radius 2 is 2.25 bits per heavy atom. The van der Waals surface area contributed by atoms with Crippen LogP contribution in [0, 0.1) is 0 Å². The highest BCUT2D eigenvalue weighted by Gasteiger charge is 2.14. The monoisotopic (exact) mass is 173 g/mol. The average Bonchev–Trinajstić information content (AvgIpc) is 2.39. The highest BCUT2D eigenvalue weighted by atomic mass is 16.2. The molecule has 0 radical (unpaired) electrons. The normalized spacial score (nSPS) is 15.9. The third kappa shape index (κ3) is 5.13. The van der Waals surface area contributed by atoms with Crippen LogP contribution < -0.4 is 0 Å². The van der Waals surface area contributed by atoms with E-state index in [1.807, 2.05) is 7.05 Å².